The molecule has 0 aliphatic carbocycles. The largest absolute Gasteiger partial charge is 0.341 e. The van der Waals surface area contributed by atoms with Crippen LogP contribution in [0.3, 0.4) is 0 Å². The van der Waals surface area contributed by atoms with Gasteiger partial charge in [-0.25, -0.2) is 5.43 Å². The van der Waals surface area contributed by atoms with E-state index in [2.05, 4.69) is 25.4 Å². The summed E-state index contributed by atoms with van der Waals surface area (Å²) in [5, 5.41) is 4.97. The zero-order chi connectivity index (χ0) is 20.8. The van der Waals surface area contributed by atoms with Crippen molar-refractivity contribution in [2.45, 2.75) is 25.8 Å². The zero-order valence-corrected chi connectivity index (χ0v) is 17.4. The topological polar surface area (TPSA) is 92.3 Å². The number of anilines is 2. The molecule has 0 radical (unpaired) electrons. The third kappa shape index (κ3) is 5.11. The van der Waals surface area contributed by atoms with Crippen LogP contribution in [-0.4, -0.2) is 34.3 Å². The lowest BCUT2D eigenvalue weighted by molar-refractivity contribution is 0.568. The molecular weight excluding hydrogens is 398 g/mol. The first kappa shape index (κ1) is 20.3. The van der Waals surface area contributed by atoms with Crippen molar-refractivity contribution in [1.29, 1.82) is 0 Å². The van der Waals surface area contributed by atoms with Gasteiger partial charge in [-0.05, 0) is 42.5 Å². The SMILES string of the molecule is NCc1ccc(-c2nc(N/N=C/c3ccc(Cl)cc3)nc(N3CCCCC3)n2)cc1. The van der Waals surface area contributed by atoms with Crippen LogP contribution in [0.1, 0.15) is 30.4 Å². The molecule has 3 N–H and O–H groups in total. The van der Waals surface area contributed by atoms with Gasteiger partial charge in [0.1, 0.15) is 0 Å². The number of halogens is 1. The molecule has 7 nitrogen and oxygen atoms in total. The van der Waals surface area contributed by atoms with Gasteiger partial charge in [-0.1, -0.05) is 48.0 Å². The molecule has 0 saturated carbocycles. The average molecular weight is 422 g/mol. The highest BCUT2D eigenvalue weighted by atomic mass is 35.5. The third-order valence-corrected chi connectivity index (χ3v) is 5.21. The molecule has 154 valence electrons. The van der Waals surface area contributed by atoms with Crippen molar-refractivity contribution >= 4 is 29.7 Å². The van der Waals surface area contributed by atoms with Crippen LogP contribution in [-0.2, 0) is 6.54 Å². The molecule has 2 heterocycles. The second-order valence-electron chi connectivity index (χ2n) is 7.15. The maximum absolute atomic E-state index is 5.93. The summed E-state index contributed by atoms with van der Waals surface area (Å²) in [6, 6.07) is 15.4. The Balaban J connectivity index is 1.61. The smallest absolute Gasteiger partial charge is 0.248 e. The van der Waals surface area contributed by atoms with Crippen LogP contribution in [0.2, 0.25) is 5.02 Å². The molecule has 1 aliphatic rings. The maximum atomic E-state index is 5.93. The van der Waals surface area contributed by atoms with Crippen molar-refractivity contribution in [1.82, 2.24) is 15.0 Å². The van der Waals surface area contributed by atoms with Crippen LogP contribution >= 0.6 is 11.6 Å². The van der Waals surface area contributed by atoms with E-state index in [1.165, 1.54) is 6.42 Å². The number of nitrogens with two attached hydrogens (primary N) is 1. The van der Waals surface area contributed by atoms with Crippen LogP contribution in [0.15, 0.2) is 53.6 Å². The van der Waals surface area contributed by atoms with Crippen LogP contribution in [0.4, 0.5) is 11.9 Å². The van der Waals surface area contributed by atoms with Crippen LogP contribution in [0, 0.1) is 0 Å². The molecule has 0 atom stereocenters. The van der Waals surface area contributed by atoms with Crippen LogP contribution < -0.4 is 16.1 Å². The summed E-state index contributed by atoms with van der Waals surface area (Å²) in [5.74, 6) is 1.69. The number of aromatic nitrogens is 3. The van der Waals surface area contributed by atoms with E-state index in [1.54, 1.807) is 6.21 Å². The second kappa shape index (κ2) is 9.65. The molecule has 3 aromatic rings. The van der Waals surface area contributed by atoms with Gasteiger partial charge in [0.05, 0.1) is 6.21 Å². The van der Waals surface area contributed by atoms with Crippen LogP contribution in [0.25, 0.3) is 11.4 Å². The summed E-state index contributed by atoms with van der Waals surface area (Å²) in [6.07, 6.45) is 5.23. The second-order valence-corrected chi connectivity index (χ2v) is 7.59. The Kier molecular flexibility index (Phi) is 6.51. The Bertz CT molecular complexity index is 997. The fourth-order valence-electron chi connectivity index (χ4n) is 3.28. The first-order valence-corrected chi connectivity index (χ1v) is 10.4. The average Bonchev–Trinajstić information content (AvgIpc) is 2.81. The predicted molar refractivity (Wildman–Crippen MR) is 122 cm³/mol. The molecule has 1 aliphatic heterocycles. The van der Waals surface area contributed by atoms with Gasteiger partial charge in [-0.2, -0.15) is 20.1 Å². The highest BCUT2D eigenvalue weighted by Gasteiger charge is 2.17. The number of benzene rings is 2. The van der Waals surface area contributed by atoms with Crippen molar-refractivity contribution in [3.05, 3.63) is 64.7 Å². The Morgan fingerprint density at radius 2 is 1.70 bits per heavy atom. The number of hydrazone groups is 1. The molecule has 4 rings (SSSR count). The molecule has 1 saturated heterocycles. The van der Waals surface area contributed by atoms with Crippen molar-refractivity contribution in [3.8, 4) is 11.4 Å². The first-order valence-electron chi connectivity index (χ1n) is 10.1. The van der Waals surface area contributed by atoms with E-state index in [9.17, 15) is 0 Å². The summed E-state index contributed by atoms with van der Waals surface area (Å²) in [6.45, 7) is 2.40. The van der Waals surface area contributed by atoms with Crippen molar-refractivity contribution in [2.75, 3.05) is 23.4 Å². The molecule has 0 bridgehead atoms. The van der Waals surface area contributed by atoms with Gasteiger partial charge in [0, 0.05) is 30.2 Å². The number of piperidine rings is 1. The number of rotatable bonds is 6. The summed E-state index contributed by atoms with van der Waals surface area (Å²) in [7, 11) is 0. The summed E-state index contributed by atoms with van der Waals surface area (Å²) in [5.41, 5.74) is 11.6. The number of hydrogen-bond acceptors (Lipinski definition) is 7. The minimum atomic E-state index is 0.411. The lowest BCUT2D eigenvalue weighted by Crippen LogP contribution is -2.31. The molecule has 8 heteroatoms. The van der Waals surface area contributed by atoms with Gasteiger partial charge in [-0.3, -0.25) is 0 Å². The molecule has 0 spiro atoms. The lowest BCUT2D eigenvalue weighted by Gasteiger charge is -2.26. The van der Waals surface area contributed by atoms with E-state index in [4.69, 9.17) is 22.3 Å². The van der Waals surface area contributed by atoms with E-state index in [-0.39, 0.29) is 0 Å². The van der Waals surface area contributed by atoms with Gasteiger partial charge in [0.2, 0.25) is 11.9 Å². The zero-order valence-electron chi connectivity index (χ0n) is 16.6. The minimum Gasteiger partial charge on any atom is -0.341 e. The quantitative estimate of drug-likeness (QED) is 0.460. The van der Waals surface area contributed by atoms with E-state index in [1.807, 2.05) is 48.5 Å². The molecule has 0 unspecified atom stereocenters. The Labute approximate surface area is 181 Å². The standard InChI is InChI=1S/C22H24ClN7/c23-19-10-6-17(7-11-19)15-25-29-21-26-20(18-8-4-16(14-24)5-9-18)27-22(28-21)30-12-2-1-3-13-30/h4-11,15H,1-3,12-14,24H2,(H,26,27,28,29)/b25-15+. The van der Waals surface area contributed by atoms with Gasteiger partial charge in [0.25, 0.3) is 0 Å². The molecular formula is C22H24ClN7. The van der Waals surface area contributed by atoms with E-state index >= 15 is 0 Å². The monoisotopic (exact) mass is 421 g/mol. The third-order valence-electron chi connectivity index (χ3n) is 4.96. The normalized spacial score (nSPS) is 14.3. The number of nitrogens with one attached hydrogen (secondary N) is 1. The minimum absolute atomic E-state index is 0.411. The van der Waals surface area contributed by atoms with E-state index < -0.39 is 0 Å². The summed E-state index contributed by atoms with van der Waals surface area (Å²) < 4.78 is 0. The lowest BCUT2D eigenvalue weighted by atomic mass is 10.1. The maximum Gasteiger partial charge on any atom is 0.248 e. The molecule has 0 amide bonds. The van der Waals surface area contributed by atoms with Gasteiger partial charge >= 0.3 is 0 Å². The Hall–Kier alpha value is -3.03. The highest BCUT2D eigenvalue weighted by molar-refractivity contribution is 6.30. The Morgan fingerprint density at radius 3 is 2.40 bits per heavy atom. The van der Waals surface area contributed by atoms with Crippen LogP contribution in [0.5, 0.6) is 0 Å². The fourth-order valence-corrected chi connectivity index (χ4v) is 3.41. The predicted octanol–water partition coefficient (Wildman–Crippen LogP) is 4.09. The molecule has 2 aromatic carbocycles. The number of nitrogens with zero attached hydrogens (tertiary/aromatic N) is 5. The van der Waals surface area contributed by atoms with E-state index in [0.717, 1.165) is 42.6 Å². The summed E-state index contributed by atoms with van der Waals surface area (Å²) in [4.78, 5) is 16.1. The molecule has 1 aromatic heterocycles. The molecule has 1 fully saturated rings. The van der Waals surface area contributed by atoms with Crippen molar-refractivity contribution in [2.24, 2.45) is 10.8 Å². The highest BCUT2D eigenvalue weighted by Crippen LogP contribution is 2.22. The fraction of sp³-hybridized carbons (Fsp3) is 0.273. The van der Waals surface area contributed by atoms with Crippen molar-refractivity contribution < 1.29 is 0 Å². The van der Waals surface area contributed by atoms with E-state index in [0.29, 0.717) is 29.3 Å². The van der Waals surface area contributed by atoms with Gasteiger partial charge in [0.15, 0.2) is 5.82 Å². The summed E-state index contributed by atoms with van der Waals surface area (Å²) >= 11 is 5.93. The van der Waals surface area contributed by atoms with Gasteiger partial charge in [-0.15, -0.1) is 0 Å². The molecule has 30 heavy (non-hydrogen) atoms. The van der Waals surface area contributed by atoms with Crippen molar-refractivity contribution in [3.63, 3.8) is 0 Å². The van der Waals surface area contributed by atoms with Gasteiger partial charge < -0.3 is 10.6 Å². The number of hydrogen-bond donors (Lipinski definition) is 2. The first-order chi connectivity index (χ1) is 14.7. The Morgan fingerprint density at radius 1 is 0.967 bits per heavy atom.